The Morgan fingerprint density at radius 1 is 0.933 bits per heavy atom. The third-order valence-corrected chi connectivity index (χ3v) is 5.94. The molecule has 0 fully saturated rings. The monoisotopic (exact) mass is 422 g/mol. The average molecular weight is 422 g/mol. The van der Waals surface area contributed by atoms with E-state index in [0.29, 0.717) is 16.7 Å². The second-order valence-corrected chi connectivity index (χ2v) is 8.87. The highest BCUT2D eigenvalue weighted by atomic mass is 32.2. The van der Waals surface area contributed by atoms with Gasteiger partial charge in [-0.3, -0.25) is 4.79 Å². The number of nitrogens with zero attached hydrogens (tertiary/aromatic N) is 1. The maximum atomic E-state index is 13.3. The summed E-state index contributed by atoms with van der Waals surface area (Å²) in [4.78, 5) is 12.6. The molecular formula is C23H19FN2O3S. The molecule has 0 aliphatic heterocycles. The first-order valence-corrected chi connectivity index (χ1v) is 11.0. The summed E-state index contributed by atoms with van der Waals surface area (Å²) in [6, 6.07) is 22.3. The van der Waals surface area contributed by atoms with Crippen molar-refractivity contribution in [1.29, 1.82) is 5.26 Å². The first-order valence-electron chi connectivity index (χ1n) is 9.15. The van der Waals surface area contributed by atoms with E-state index >= 15 is 0 Å². The van der Waals surface area contributed by atoms with Gasteiger partial charge < -0.3 is 5.32 Å². The van der Waals surface area contributed by atoms with Gasteiger partial charge >= 0.3 is 0 Å². The number of hydrogen-bond acceptors (Lipinski definition) is 4. The molecule has 1 atom stereocenters. The van der Waals surface area contributed by atoms with Crippen LogP contribution < -0.4 is 5.32 Å². The molecule has 0 heterocycles. The van der Waals surface area contributed by atoms with Crippen LogP contribution in [-0.2, 0) is 20.4 Å². The summed E-state index contributed by atoms with van der Waals surface area (Å²) in [5.41, 5.74) is 2.32. The van der Waals surface area contributed by atoms with Crippen LogP contribution in [0.15, 0.2) is 78.9 Å². The molecule has 3 aromatic rings. The molecule has 7 heteroatoms. The van der Waals surface area contributed by atoms with E-state index in [-0.39, 0.29) is 5.75 Å². The summed E-state index contributed by atoms with van der Waals surface area (Å²) in [6.45, 7) is 0. The van der Waals surface area contributed by atoms with Gasteiger partial charge in [0.2, 0.25) is 5.91 Å². The van der Waals surface area contributed by atoms with Gasteiger partial charge in [0.05, 0.1) is 23.4 Å². The molecule has 30 heavy (non-hydrogen) atoms. The van der Waals surface area contributed by atoms with Crippen LogP contribution in [-0.4, -0.2) is 20.1 Å². The first-order chi connectivity index (χ1) is 14.4. The minimum atomic E-state index is -3.73. The van der Waals surface area contributed by atoms with Gasteiger partial charge in [0.25, 0.3) is 0 Å². The lowest BCUT2D eigenvalue weighted by atomic mass is 9.98. The Balaban J connectivity index is 1.75. The lowest BCUT2D eigenvalue weighted by molar-refractivity contribution is -0.119. The number of carbonyl (C=O) groups excluding carboxylic acids is 1. The second-order valence-electron chi connectivity index (χ2n) is 6.80. The van der Waals surface area contributed by atoms with Crippen molar-refractivity contribution in [3.8, 4) is 6.07 Å². The highest BCUT2D eigenvalue weighted by Gasteiger charge is 2.22. The van der Waals surface area contributed by atoms with Crippen LogP contribution in [0.2, 0.25) is 0 Å². The third-order valence-electron chi connectivity index (χ3n) is 4.46. The summed E-state index contributed by atoms with van der Waals surface area (Å²) in [6.07, 6.45) is 0. The van der Waals surface area contributed by atoms with Gasteiger partial charge in [-0.15, -0.1) is 0 Å². The fourth-order valence-corrected chi connectivity index (χ4v) is 4.33. The van der Waals surface area contributed by atoms with Crippen LogP contribution in [0, 0.1) is 17.1 Å². The van der Waals surface area contributed by atoms with Crippen molar-refractivity contribution >= 4 is 15.7 Å². The van der Waals surface area contributed by atoms with Crippen molar-refractivity contribution in [1.82, 2.24) is 5.32 Å². The molecule has 1 amide bonds. The Labute approximate surface area is 174 Å². The van der Waals surface area contributed by atoms with Crippen molar-refractivity contribution in [2.75, 3.05) is 5.75 Å². The van der Waals surface area contributed by atoms with Crippen molar-refractivity contribution in [3.05, 3.63) is 107 Å². The highest BCUT2D eigenvalue weighted by Crippen LogP contribution is 2.22. The molecule has 0 saturated heterocycles. The van der Waals surface area contributed by atoms with E-state index in [1.54, 1.807) is 48.5 Å². The Kier molecular flexibility index (Phi) is 6.60. The summed E-state index contributed by atoms with van der Waals surface area (Å²) in [5, 5.41) is 11.6. The van der Waals surface area contributed by atoms with Crippen LogP contribution in [0.3, 0.4) is 0 Å². The van der Waals surface area contributed by atoms with E-state index in [0.717, 1.165) is 5.56 Å². The van der Waals surface area contributed by atoms with Crippen LogP contribution in [0.1, 0.15) is 28.3 Å². The molecular weight excluding hydrogens is 403 g/mol. The molecule has 0 spiro atoms. The predicted molar refractivity (Wildman–Crippen MR) is 111 cm³/mol. The molecule has 0 bridgehead atoms. The molecule has 0 saturated carbocycles. The molecule has 1 N–H and O–H groups in total. The standard InChI is InChI=1S/C23H19FN2O3S/c24-21-12-10-20(11-13-21)23(19-4-2-1-3-5-19)26-22(27)16-30(28,29)15-18-8-6-17(14-25)7-9-18/h1-13,23H,15-16H2,(H,26,27). The summed E-state index contributed by atoms with van der Waals surface area (Å²) >= 11 is 0. The number of sulfone groups is 1. The van der Waals surface area contributed by atoms with Gasteiger partial charge in [-0.05, 0) is 41.0 Å². The zero-order valence-electron chi connectivity index (χ0n) is 16.0. The van der Waals surface area contributed by atoms with Crippen molar-refractivity contribution in [2.45, 2.75) is 11.8 Å². The van der Waals surface area contributed by atoms with Gasteiger partial charge in [-0.2, -0.15) is 5.26 Å². The van der Waals surface area contributed by atoms with E-state index in [9.17, 15) is 17.6 Å². The molecule has 0 aliphatic rings. The minimum Gasteiger partial charge on any atom is -0.344 e. The SMILES string of the molecule is N#Cc1ccc(CS(=O)(=O)CC(=O)NC(c2ccccc2)c2ccc(F)cc2)cc1. The van der Waals surface area contributed by atoms with E-state index in [4.69, 9.17) is 5.26 Å². The number of carbonyl (C=O) groups is 1. The Bertz CT molecular complexity index is 1150. The van der Waals surface area contributed by atoms with E-state index in [2.05, 4.69) is 5.32 Å². The Hall–Kier alpha value is -3.50. The van der Waals surface area contributed by atoms with Crippen molar-refractivity contribution in [2.24, 2.45) is 0 Å². The number of rotatable bonds is 7. The predicted octanol–water partition coefficient (Wildman–Crippen LogP) is 3.52. The lowest BCUT2D eigenvalue weighted by Crippen LogP contribution is -2.34. The Morgan fingerprint density at radius 3 is 2.13 bits per heavy atom. The number of hydrogen-bond donors (Lipinski definition) is 1. The van der Waals surface area contributed by atoms with Crippen LogP contribution in [0.4, 0.5) is 4.39 Å². The maximum absolute atomic E-state index is 13.3. The van der Waals surface area contributed by atoms with Gasteiger partial charge in [-0.25, -0.2) is 12.8 Å². The van der Waals surface area contributed by atoms with Crippen LogP contribution in [0.5, 0.6) is 0 Å². The lowest BCUT2D eigenvalue weighted by Gasteiger charge is -2.20. The van der Waals surface area contributed by atoms with E-state index in [1.165, 1.54) is 24.3 Å². The number of amides is 1. The minimum absolute atomic E-state index is 0.307. The molecule has 1 unspecified atom stereocenters. The van der Waals surface area contributed by atoms with Gasteiger partial charge in [0, 0.05) is 0 Å². The first kappa shape index (κ1) is 21.2. The van der Waals surface area contributed by atoms with Crippen molar-refractivity contribution in [3.63, 3.8) is 0 Å². The number of nitriles is 1. The number of nitrogens with one attached hydrogen (secondary N) is 1. The maximum Gasteiger partial charge on any atom is 0.235 e. The topological polar surface area (TPSA) is 87.0 Å². The van der Waals surface area contributed by atoms with E-state index < -0.39 is 33.4 Å². The van der Waals surface area contributed by atoms with Crippen LogP contribution >= 0.6 is 0 Å². The molecule has 0 aliphatic carbocycles. The molecule has 0 aromatic heterocycles. The zero-order valence-corrected chi connectivity index (χ0v) is 16.8. The summed E-state index contributed by atoms with van der Waals surface area (Å²) < 4.78 is 38.3. The molecule has 3 rings (SSSR count). The smallest absolute Gasteiger partial charge is 0.235 e. The normalized spacial score (nSPS) is 12.0. The number of benzene rings is 3. The molecule has 5 nitrogen and oxygen atoms in total. The molecule has 152 valence electrons. The average Bonchev–Trinajstić information content (AvgIpc) is 2.73. The fraction of sp³-hybridized carbons (Fsp3) is 0.130. The number of halogens is 1. The van der Waals surface area contributed by atoms with E-state index in [1.807, 2.05) is 12.1 Å². The molecule has 3 aromatic carbocycles. The quantitative estimate of drug-likeness (QED) is 0.631. The largest absolute Gasteiger partial charge is 0.344 e. The van der Waals surface area contributed by atoms with Gasteiger partial charge in [0.1, 0.15) is 11.6 Å². The molecule has 0 radical (unpaired) electrons. The zero-order chi connectivity index (χ0) is 21.6. The third kappa shape index (κ3) is 5.75. The summed E-state index contributed by atoms with van der Waals surface area (Å²) in [7, 11) is -3.73. The fourth-order valence-electron chi connectivity index (χ4n) is 3.04. The Morgan fingerprint density at radius 2 is 1.53 bits per heavy atom. The highest BCUT2D eigenvalue weighted by molar-refractivity contribution is 7.91. The van der Waals surface area contributed by atoms with Gasteiger partial charge in [-0.1, -0.05) is 54.6 Å². The van der Waals surface area contributed by atoms with Crippen molar-refractivity contribution < 1.29 is 17.6 Å². The second kappa shape index (κ2) is 9.33. The van der Waals surface area contributed by atoms with Crippen LogP contribution in [0.25, 0.3) is 0 Å². The van der Waals surface area contributed by atoms with Gasteiger partial charge in [0.15, 0.2) is 9.84 Å². The summed E-state index contributed by atoms with van der Waals surface area (Å²) in [5.74, 6) is -2.04.